The van der Waals surface area contributed by atoms with E-state index in [1.165, 1.54) is 42.5 Å². The molecule has 162 valence electrons. The topological polar surface area (TPSA) is 58.6 Å². The van der Waals surface area contributed by atoms with Crippen molar-refractivity contribution in [2.75, 3.05) is 16.8 Å². The smallest absolute Gasteiger partial charge is 0.282 e. The van der Waals surface area contributed by atoms with Crippen LogP contribution >= 0.6 is 0 Å². The molecule has 4 rings (SSSR count). The molecule has 0 atom stereocenters. The molecular formula is C25H20F2N2O3. The van der Waals surface area contributed by atoms with Crippen LogP contribution in [0.1, 0.15) is 18.9 Å². The van der Waals surface area contributed by atoms with Crippen LogP contribution in [0.25, 0.3) is 5.57 Å². The summed E-state index contributed by atoms with van der Waals surface area (Å²) in [6.07, 6.45) is 0.809. The summed E-state index contributed by atoms with van der Waals surface area (Å²) >= 11 is 0. The van der Waals surface area contributed by atoms with Crippen molar-refractivity contribution in [2.45, 2.75) is 13.3 Å². The summed E-state index contributed by atoms with van der Waals surface area (Å²) in [7, 11) is 0. The van der Waals surface area contributed by atoms with Crippen LogP contribution in [0.3, 0.4) is 0 Å². The summed E-state index contributed by atoms with van der Waals surface area (Å²) < 4.78 is 32.8. The summed E-state index contributed by atoms with van der Waals surface area (Å²) in [5, 5.41) is 2.88. The quantitative estimate of drug-likeness (QED) is 0.523. The van der Waals surface area contributed by atoms with Crippen molar-refractivity contribution < 1.29 is 23.1 Å². The maximum atomic E-state index is 13.7. The van der Waals surface area contributed by atoms with Gasteiger partial charge in [0, 0.05) is 11.8 Å². The normalized spacial score (nSPS) is 13.7. The molecule has 0 fully saturated rings. The Hall–Kier alpha value is -4.00. The van der Waals surface area contributed by atoms with Gasteiger partial charge in [-0.25, -0.2) is 13.7 Å². The van der Waals surface area contributed by atoms with Crippen LogP contribution < -0.4 is 15.0 Å². The van der Waals surface area contributed by atoms with E-state index in [0.717, 1.165) is 11.3 Å². The van der Waals surface area contributed by atoms with E-state index in [0.29, 0.717) is 29.3 Å². The molecule has 0 aliphatic carbocycles. The Labute approximate surface area is 183 Å². The Bertz CT molecular complexity index is 1210. The number of imide groups is 1. The predicted octanol–water partition coefficient (Wildman–Crippen LogP) is 5.15. The van der Waals surface area contributed by atoms with Gasteiger partial charge in [0.2, 0.25) is 0 Å². The van der Waals surface area contributed by atoms with Crippen molar-refractivity contribution in [3.8, 4) is 5.75 Å². The fraction of sp³-hybridized carbons (Fsp3) is 0.120. The first kappa shape index (κ1) is 21.2. The number of nitrogens with one attached hydrogen (secondary N) is 1. The van der Waals surface area contributed by atoms with E-state index in [2.05, 4.69) is 5.32 Å². The minimum atomic E-state index is -0.605. The standard InChI is InChI=1S/C25H20F2N2O3/c1-2-13-32-21-8-4-7-20(15-21)29-24(30)22(16-9-11-17(26)12-10-16)23(25(29)31)28-19-6-3-5-18(27)14-19/h3-12,14-15,28H,2,13H2,1H3. The van der Waals surface area contributed by atoms with Gasteiger partial charge in [-0.05, 0) is 54.4 Å². The number of halogens is 2. The number of hydrogen-bond donors (Lipinski definition) is 1. The average Bonchev–Trinajstić information content (AvgIpc) is 3.02. The third-order valence-electron chi connectivity index (χ3n) is 4.86. The summed E-state index contributed by atoms with van der Waals surface area (Å²) in [5.74, 6) is -1.61. The van der Waals surface area contributed by atoms with Gasteiger partial charge in [-0.1, -0.05) is 31.2 Å². The van der Waals surface area contributed by atoms with E-state index >= 15 is 0 Å². The van der Waals surface area contributed by atoms with E-state index in [1.807, 2.05) is 6.92 Å². The highest BCUT2D eigenvalue weighted by molar-refractivity contribution is 6.46. The summed E-state index contributed by atoms with van der Waals surface area (Å²) in [4.78, 5) is 27.8. The van der Waals surface area contributed by atoms with Crippen LogP contribution in [0.2, 0.25) is 0 Å². The average molecular weight is 434 g/mol. The molecule has 32 heavy (non-hydrogen) atoms. The van der Waals surface area contributed by atoms with Crippen molar-refractivity contribution in [1.29, 1.82) is 0 Å². The zero-order valence-electron chi connectivity index (χ0n) is 17.3. The molecule has 0 unspecified atom stereocenters. The molecule has 0 saturated heterocycles. The SMILES string of the molecule is CCCOc1cccc(N2C(=O)C(Nc3cccc(F)c3)=C(c3ccc(F)cc3)C2=O)c1. The van der Waals surface area contributed by atoms with Crippen molar-refractivity contribution in [1.82, 2.24) is 0 Å². The van der Waals surface area contributed by atoms with Crippen LogP contribution in [-0.2, 0) is 9.59 Å². The largest absolute Gasteiger partial charge is 0.494 e. The zero-order chi connectivity index (χ0) is 22.7. The molecule has 1 N–H and O–H groups in total. The zero-order valence-corrected chi connectivity index (χ0v) is 17.3. The lowest BCUT2D eigenvalue weighted by atomic mass is 10.0. The Kier molecular flexibility index (Phi) is 5.98. The Morgan fingerprint density at radius 3 is 2.34 bits per heavy atom. The Morgan fingerprint density at radius 1 is 0.875 bits per heavy atom. The minimum absolute atomic E-state index is 0.0212. The first-order valence-electron chi connectivity index (χ1n) is 10.1. The second-order valence-corrected chi connectivity index (χ2v) is 7.18. The van der Waals surface area contributed by atoms with Gasteiger partial charge < -0.3 is 10.1 Å². The molecule has 1 heterocycles. The first-order valence-corrected chi connectivity index (χ1v) is 10.1. The van der Waals surface area contributed by atoms with E-state index < -0.39 is 23.4 Å². The maximum Gasteiger partial charge on any atom is 0.282 e. The maximum absolute atomic E-state index is 13.7. The Balaban J connectivity index is 1.77. The molecule has 5 nitrogen and oxygen atoms in total. The lowest BCUT2D eigenvalue weighted by Crippen LogP contribution is -2.32. The minimum Gasteiger partial charge on any atom is -0.494 e. The molecule has 0 saturated carbocycles. The number of nitrogens with zero attached hydrogens (tertiary/aromatic N) is 1. The number of hydrogen-bond acceptors (Lipinski definition) is 4. The molecule has 0 aromatic heterocycles. The molecule has 7 heteroatoms. The van der Waals surface area contributed by atoms with E-state index in [1.54, 1.807) is 30.3 Å². The molecule has 3 aromatic rings. The number of carbonyl (C=O) groups is 2. The summed E-state index contributed by atoms with van der Waals surface area (Å²) in [5.41, 5.74) is 1.06. The van der Waals surface area contributed by atoms with Crippen LogP contribution in [0, 0.1) is 11.6 Å². The van der Waals surface area contributed by atoms with Crippen molar-refractivity contribution >= 4 is 28.8 Å². The van der Waals surface area contributed by atoms with Gasteiger partial charge in [-0.15, -0.1) is 0 Å². The molecule has 0 spiro atoms. The van der Waals surface area contributed by atoms with Crippen molar-refractivity contribution in [3.05, 3.63) is 95.7 Å². The van der Waals surface area contributed by atoms with Crippen molar-refractivity contribution in [3.63, 3.8) is 0 Å². The van der Waals surface area contributed by atoms with Gasteiger partial charge in [0.1, 0.15) is 23.1 Å². The fourth-order valence-corrected chi connectivity index (χ4v) is 3.41. The highest BCUT2D eigenvalue weighted by Gasteiger charge is 2.40. The number of benzene rings is 3. The fourth-order valence-electron chi connectivity index (χ4n) is 3.41. The molecule has 1 aliphatic heterocycles. The van der Waals surface area contributed by atoms with E-state index in [9.17, 15) is 18.4 Å². The van der Waals surface area contributed by atoms with Gasteiger partial charge >= 0.3 is 0 Å². The van der Waals surface area contributed by atoms with Gasteiger partial charge in [-0.2, -0.15) is 0 Å². The highest BCUT2D eigenvalue weighted by Crippen LogP contribution is 2.35. The second kappa shape index (κ2) is 9.01. The Morgan fingerprint density at radius 2 is 1.62 bits per heavy atom. The second-order valence-electron chi connectivity index (χ2n) is 7.18. The number of ether oxygens (including phenoxy) is 1. The van der Waals surface area contributed by atoms with Crippen LogP contribution in [-0.4, -0.2) is 18.4 Å². The summed E-state index contributed by atoms with van der Waals surface area (Å²) in [6.45, 7) is 2.47. The van der Waals surface area contributed by atoms with Crippen LogP contribution in [0.5, 0.6) is 5.75 Å². The molecule has 1 aliphatic rings. The van der Waals surface area contributed by atoms with Gasteiger partial charge in [-0.3, -0.25) is 9.59 Å². The molecule has 2 amide bonds. The molecular weight excluding hydrogens is 414 g/mol. The number of carbonyl (C=O) groups excluding carboxylic acids is 2. The lowest BCUT2D eigenvalue weighted by Gasteiger charge is -2.16. The number of amides is 2. The van der Waals surface area contributed by atoms with Gasteiger partial charge in [0.25, 0.3) is 11.8 Å². The molecule has 0 radical (unpaired) electrons. The van der Waals surface area contributed by atoms with E-state index in [-0.39, 0.29) is 11.3 Å². The molecule has 0 bridgehead atoms. The van der Waals surface area contributed by atoms with Gasteiger partial charge in [0.15, 0.2) is 0 Å². The molecule has 3 aromatic carbocycles. The van der Waals surface area contributed by atoms with E-state index in [4.69, 9.17) is 4.74 Å². The number of rotatable bonds is 7. The first-order chi connectivity index (χ1) is 15.5. The number of anilines is 2. The van der Waals surface area contributed by atoms with Gasteiger partial charge in [0.05, 0.1) is 17.9 Å². The third kappa shape index (κ3) is 4.23. The third-order valence-corrected chi connectivity index (χ3v) is 4.86. The van der Waals surface area contributed by atoms with Crippen molar-refractivity contribution in [2.24, 2.45) is 0 Å². The monoisotopic (exact) mass is 434 g/mol. The predicted molar refractivity (Wildman–Crippen MR) is 118 cm³/mol. The highest BCUT2D eigenvalue weighted by atomic mass is 19.1. The summed E-state index contributed by atoms with van der Waals surface area (Å²) in [6, 6.07) is 17.5. The van der Waals surface area contributed by atoms with Crippen LogP contribution in [0.15, 0.2) is 78.5 Å². The lowest BCUT2D eigenvalue weighted by molar-refractivity contribution is -0.120. The van der Waals surface area contributed by atoms with Crippen LogP contribution in [0.4, 0.5) is 20.2 Å².